The van der Waals surface area contributed by atoms with Crippen LogP contribution in [0.4, 0.5) is 0 Å². The Morgan fingerprint density at radius 1 is 1.39 bits per heavy atom. The molecule has 0 unspecified atom stereocenters. The summed E-state index contributed by atoms with van der Waals surface area (Å²) in [6.45, 7) is 5.99. The first kappa shape index (κ1) is 18.1. The third-order valence-corrected chi connectivity index (χ3v) is 5.29. The lowest BCUT2D eigenvalue weighted by atomic mass is 10.1. The van der Waals surface area contributed by atoms with Gasteiger partial charge in [-0.25, -0.2) is 4.79 Å². The fourth-order valence-electron chi connectivity index (χ4n) is 2.47. The highest BCUT2D eigenvalue weighted by Crippen LogP contribution is 2.44. The van der Waals surface area contributed by atoms with Gasteiger partial charge in [-0.2, -0.15) is 0 Å². The first-order chi connectivity index (χ1) is 11.0. The van der Waals surface area contributed by atoms with Crippen LogP contribution in [0.25, 0.3) is 0 Å². The highest BCUT2D eigenvalue weighted by Gasteiger charge is 2.44. The van der Waals surface area contributed by atoms with Crippen molar-refractivity contribution in [2.75, 3.05) is 12.4 Å². The molecule has 1 heterocycles. The SMILES string of the molecule is CCCOC(=O)[C@@H]1CS[C@@H](c2ccccc2Cl)N1C(=O)C(C)C. The number of ether oxygens (including phenoxy) is 1. The van der Waals surface area contributed by atoms with Gasteiger partial charge in [0.2, 0.25) is 5.91 Å². The van der Waals surface area contributed by atoms with E-state index in [1.807, 2.05) is 39.0 Å². The molecule has 1 aromatic carbocycles. The molecule has 1 saturated heterocycles. The highest BCUT2D eigenvalue weighted by atomic mass is 35.5. The van der Waals surface area contributed by atoms with Gasteiger partial charge in [0.25, 0.3) is 0 Å². The molecule has 0 aliphatic carbocycles. The van der Waals surface area contributed by atoms with E-state index in [0.29, 0.717) is 17.4 Å². The Kier molecular flexibility index (Phi) is 6.36. The third kappa shape index (κ3) is 4.01. The van der Waals surface area contributed by atoms with Crippen LogP contribution in [0.5, 0.6) is 0 Å². The van der Waals surface area contributed by atoms with E-state index in [4.69, 9.17) is 16.3 Å². The third-order valence-electron chi connectivity index (χ3n) is 3.64. The number of amides is 1. The normalized spacial score (nSPS) is 20.8. The van der Waals surface area contributed by atoms with Crippen LogP contribution < -0.4 is 0 Å². The maximum atomic E-state index is 12.7. The van der Waals surface area contributed by atoms with Crippen LogP contribution in [0.2, 0.25) is 5.02 Å². The molecule has 6 heteroatoms. The Balaban J connectivity index is 2.31. The molecule has 126 valence electrons. The summed E-state index contributed by atoms with van der Waals surface area (Å²) in [7, 11) is 0. The minimum absolute atomic E-state index is 0.0571. The average molecular weight is 356 g/mol. The first-order valence-corrected chi connectivity index (χ1v) is 9.24. The van der Waals surface area contributed by atoms with Crippen molar-refractivity contribution in [1.29, 1.82) is 0 Å². The Labute approximate surface area is 146 Å². The number of thioether (sulfide) groups is 1. The maximum Gasteiger partial charge on any atom is 0.329 e. The summed E-state index contributed by atoms with van der Waals surface area (Å²) < 4.78 is 5.27. The average Bonchev–Trinajstić information content (AvgIpc) is 2.96. The van der Waals surface area contributed by atoms with E-state index in [1.165, 1.54) is 0 Å². The molecule has 1 fully saturated rings. The minimum Gasteiger partial charge on any atom is -0.464 e. The molecule has 1 aliphatic heterocycles. The minimum atomic E-state index is -0.553. The fourth-order valence-corrected chi connectivity index (χ4v) is 4.23. The molecular weight excluding hydrogens is 334 g/mol. The number of esters is 1. The molecule has 2 atom stereocenters. The topological polar surface area (TPSA) is 46.6 Å². The summed E-state index contributed by atoms with van der Waals surface area (Å²) in [6.07, 6.45) is 0.762. The molecule has 4 nitrogen and oxygen atoms in total. The van der Waals surface area contributed by atoms with Gasteiger partial charge < -0.3 is 9.64 Å². The van der Waals surface area contributed by atoms with E-state index in [0.717, 1.165) is 12.0 Å². The van der Waals surface area contributed by atoms with Crippen molar-refractivity contribution >= 4 is 35.2 Å². The predicted octanol–water partition coefficient (Wildman–Crippen LogP) is 3.89. The zero-order valence-corrected chi connectivity index (χ0v) is 15.2. The van der Waals surface area contributed by atoms with Crippen LogP contribution in [-0.2, 0) is 14.3 Å². The number of hydrogen-bond donors (Lipinski definition) is 0. The first-order valence-electron chi connectivity index (χ1n) is 7.82. The van der Waals surface area contributed by atoms with Crippen molar-refractivity contribution in [2.24, 2.45) is 5.92 Å². The lowest BCUT2D eigenvalue weighted by Crippen LogP contribution is -2.45. The molecule has 0 N–H and O–H groups in total. The van der Waals surface area contributed by atoms with Crippen LogP contribution in [0.15, 0.2) is 24.3 Å². The van der Waals surface area contributed by atoms with Gasteiger partial charge in [-0.05, 0) is 12.5 Å². The maximum absolute atomic E-state index is 12.7. The van der Waals surface area contributed by atoms with Gasteiger partial charge in [-0.3, -0.25) is 4.79 Å². The molecule has 1 aliphatic rings. The quantitative estimate of drug-likeness (QED) is 0.752. The fraction of sp³-hybridized carbons (Fsp3) is 0.529. The molecule has 0 saturated carbocycles. The van der Waals surface area contributed by atoms with Crippen molar-refractivity contribution in [3.8, 4) is 0 Å². The van der Waals surface area contributed by atoms with Crippen LogP contribution in [0.1, 0.15) is 38.1 Å². The van der Waals surface area contributed by atoms with Crippen molar-refractivity contribution in [2.45, 2.75) is 38.6 Å². The van der Waals surface area contributed by atoms with Crippen molar-refractivity contribution < 1.29 is 14.3 Å². The van der Waals surface area contributed by atoms with E-state index >= 15 is 0 Å². The lowest BCUT2D eigenvalue weighted by molar-refractivity contribution is -0.155. The van der Waals surface area contributed by atoms with Gasteiger partial charge in [-0.15, -0.1) is 11.8 Å². The highest BCUT2D eigenvalue weighted by molar-refractivity contribution is 7.99. The second-order valence-electron chi connectivity index (χ2n) is 5.79. The standard InChI is InChI=1S/C17H22ClNO3S/c1-4-9-22-17(21)14-10-23-16(19(14)15(20)11(2)3)12-7-5-6-8-13(12)18/h5-8,11,14,16H,4,9-10H2,1-3H3/t14-,16-/m0/s1. The Bertz CT molecular complexity index is 579. The second-order valence-corrected chi connectivity index (χ2v) is 7.31. The summed E-state index contributed by atoms with van der Waals surface area (Å²) in [5, 5.41) is 0.354. The number of nitrogens with zero attached hydrogens (tertiary/aromatic N) is 1. The smallest absolute Gasteiger partial charge is 0.329 e. The van der Waals surface area contributed by atoms with Gasteiger partial charge in [0.05, 0.1) is 6.61 Å². The van der Waals surface area contributed by atoms with Crippen molar-refractivity contribution in [3.05, 3.63) is 34.9 Å². The van der Waals surface area contributed by atoms with Gasteiger partial charge in [0.15, 0.2) is 0 Å². The number of rotatable bonds is 5. The summed E-state index contributed by atoms with van der Waals surface area (Å²) >= 11 is 7.85. The zero-order valence-electron chi connectivity index (χ0n) is 13.6. The van der Waals surface area contributed by atoms with Gasteiger partial charge in [0, 0.05) is 22.3 Å². The van der Waals surface area contributed by atoms with Gasteiger partial charge in [0.1, 0.15) is 11.4 Å². The molecule has 1 amide bonds. The molecular formula is C17H22ClNO3S. The van der Waals surface area contributed by atoms with E-state index < -0.39 is 6.04 Å². The molecule has 0 radical (unpaired) electrons. The predicted molar refractivity (Wildman–Crippen MR) is 93.4 cm³/mol. The lowest BCUT2D eigenvalue weighted by Gasteiger charge is -2.30. The molecule has 1 aromatic rings. The van der Waals surface area contributed by atoms with Crippen molar-refractivity contribution in [1.82, 2.24) is 4.90 Å². The Morgan fingerprint density at radius 2 is 2.09 bits per heavy atom. The number of halogens is 1. The molecule has 0 bridgehead atoms. The molecule has 0 aromatic heterocycles. The van der Waals surface area contributed by atoms with Crippen molar-refractivity contribution in [3.63, 3.8) is 0 Å². The van der Waals surface area contributed by atoms with Crippen LogP contribution in [-0.4, -0.2) is 35.2 Å². The second kappa shape index (κ2) is 8.06. The van der Waals surface area contributed by atoms with Crippen LogP contribution >= 0.6 is 23.4 Å². The summed E-state index contributed by atoms with van der Waals surface area (Å²) in [5.41, 5.74) is 0.860. The van der Waals surface area contributed by atoms with E-state index in [9.17, 15) is 9.59 Å². The molecule has 2 rings (SSSR count). The zero-order chi connectivity index (χ0) is 17.0. The number of carbonyl (C=O) groups is 2. The van der Waals surface area contributed by atoms with Crippen LogP contribution in [0, 0.1) is 5.92 Å². The largest absolute Gasteiger partial charge is 0.464 e. The number of carbonyl (C=O) groups excluding carboxylic acids is 2. The Morgan fingerprint density at radius 3 is 2.70 bits per heavy atom. The number of hydrogen-bond acceptors (Lipinski definition) is 4. The number of benzene rings is 1. The van der Waals surface area contributed by atoms with E-state index in [-0.39, 0.29) is 23.2 Å². The summed E-state index contributed by atoms with van der Waals surface area (Å²) in [5.74, 6) is -0.0573. The monoisotopic (exact) mass is 355 g/mol. The molecule has 23 heavy (non-hydrogen) atoms. The van der Waals surface area contributed by atoms with Gasteiger partial charge >= 0.3 is 5.97 Å². The summed E-state index contributed by atoms with van der Waals surface area (Å²) in [4.78, 5) is 26.7. The van der Waals surface area contributed by atoms with Gasteiger partial charge in [-0.1, -0.05) is 50.6 Å². The Hall–Kier alpha value is -1.20. The molecule has 0 spiro atoms. The summed E-state index contributed by atoms with van der Waals surface area (Å²) in [6, 6.07) is 6.90. The van der Waals surface area contributed by atoms with E-state index in [1.54, 1.807) is 22.7 Å². The van der Waals surface area contributed by atoms with E-state index in [2.05, 4.69) is 0 Å². The van der Waals surface area contributed by atoms with Crippen LogP contribution in [0.3, 0.4) is 0 Å².